The number of hydrogen-bond acceptors (Lipinski definition) is 3. The third-order valence-corrected chi connectivity index (χ3v) is 3.63. The molecule has 1 aromatic carbocycles. The number of halogens is 1. The Hall–Kier alpha value is -2.53. The number of para-hydroxylation sites is 2. The Morgan fingerprint density at radius 3 is 2.87 bits per heavy atom. The Morgan fingerprint density at radius 2 is 2.09 bits per heavy atom. The van der Waals surface area contributed by atoms with E-state index >= 15 is 0 Å². The summed E-state index contributed by atoms with van der Waals surface area (Å²) >= 11 is 6.03. The zero-order valence-corrected chi connectivity index (χ0v) is 13.6. The predicted molar refractivity (Wildman–Crippen MR) is 90.5 cm³/mol. The van der Waals surface area contributed by atoms with Crippen LogP contribution in [-0.4, -0.2) is 21.9 Å². The number of carbonyl (C=O) groups is 1. The first kappa shape index (κ1) is 15.4. The molecule has 0 unspecified atom stereocenters. The van der Waals surface area contributed by atoms with Gasteiger partial charge in [-0.25, -0.2) is 4.98 Å². The molecule has 2 aromatic heterocycles. The van der Waals surface area contributed by atoms with Gasteiger partial charge in [-0.3, -0.25) is 9.20 Å². The molecule has 118 valence electrons. The van der Waals surface area contributed by atoms with Crippen molar-refractivity contribution in [3.63, 3.8) is 0 Å². The van der Waals surface area contributed by atoms with Crippen molar-refractivity contribution < 1.29 is 9.53 Å². The van der Waals surface area contributed by atoms with E-state index in [1.807, 2.05) is 25.1 Å². The smallest absolute Gasteiger partial charge is 0.274 e. The van der Waals surface area contributed by atoms with Crippen LogP contribution in [0.3, 0.4) is 0 Å². The predicted octanol–water partition coefficient (Wildman–Crippen LogP) is 3.95. The van der Waals surface area contributed by atoms with Crippen LogP contribution in [0.5, 0.6) is 5.75 Å². The maximum atomic E-state index is 12.7. The summed E-state index contributed by atoms with van der Waals surface area (Å²) in [5, 5.41) is 3.42. The number of fused-ring (bicyclic) bond motifs is 1. The van der Waals surface area contributed by atoms with Crippen LogP contribution in [0.15, 0.2) is 42.6 Å². The van der Waals surface area contributed by atoms with Crippen LogP contribution in [0, 0.1) is 6.92 Å². The Bertz CT molecular complexity index is 873. The van der Waals surface area contributed by atoms with Gasteiger partial charge in [0.25, 0.3) is 5.91 Å². The molecule has 23 heavy (non-hydrogen) atoms. The van der Waals surface area contributed by atoms with Crippen LogP contribution in [0.1, 0.15) is 23.1 Å². The summed E-state index contributed by atoms with van der Waals surface area (Å²) in [4.78, 5) is 17.1. The minimum absolute atomic E-state index is 0.260. The van der Waals surface area contributed by atoms with Crippen LogP contribution < -0.4 is 10.1 Å². The third kappa shape index (κ3) is 3.00. The first-order chi connectivity index (χ1) is 11.1. The van der Waals surface area contributed by atoms with Crippen molar-refractivity contribution in [3.05, 3.63) is 59.0 Å². The minimum atomic E-state index is -0.260. The molecule has 0 spiro atoms. The monoisotopic (exact) mass is 329 g/mol. The van der Waals surface area contributed by atoms with Crippen molar-refractivity contribution in [2.75, 3.05) is 11.9 Å². The Morgan fingerprint density at radius 1 is 1.30 bits per heavy atom. The Balaban J connectivity index is 1.98. The lowest BCUT2D eigenvalue weighted by molar-refractivity contribution is 0.102. The number of carbonyl (C=O) groups excluding carboxylic acids is 1. The second-order valence-corrected chi connectivity index (χ2v) is 5.44. The van der Waals surface area contributed by atoms with E-state index in [4.69, 9.17) is 16.3 Å². The number of nitrogens with one attached hydrogen (secondary N) is 1. The van der Waals surface area contributed by atoms with Crippen LogP contribution in [0.4, 0.5) is 5.69 Å². The normalized spacial score (nSPS) is 10.7. The summed E-state index contributed by atoms with van der Waals surface area (Å²) in [5.41, 5.74) is 2.39. The van der Waals surface area contributed by atoms with Crippen molar-refractivity contribution in [3.8, 4) is 5.75 Å². The van der Waals surface area contributed by atoms with Gasteiger partial charge in [0, 0.05) is 6.20 Å². The quantitative estimate of drug-likeness (QED) is 0.788. The highest BCUT2D eigenvalue weighted by molar-refractivity contribution is 6.30. The summed E-state index contributed by atoms with van der Waals surface area (Å²) < 4.78 is 7.22. The molecule has 5 nitrogen and oxygen atoms in total. The van der Waals surface area contributed by atoms with E-state index in [1.165, 1.54) is 0 Å². The van der Waals surface area contributed by atoms with E-state index < -0.39 is 0 Å². The molecule has 6 heteroatoms. The van der Waals surface area contributed by atoms with Crippen molar-refractivity contribution >= 4 is 28.8 Å². The van der Waals surface area contributed by atoms with E-state index in [2.05, 4.69) is 10.3 Å². The highest BCUT2D eigenvalue weighted by atomic mass is 35.5. The van der Waals surface area contributed by atoms with Crippen molar-refractivity contribution in [1.82, 2.24) is 9.38 Å². The number of aromatic nitrogens is 2. The summed E-state index contributed by atoms with van der Waals surface area (Å²) in [6, 6.07) is 10.8. The van der Waals surface area contributed by atoms with Crippen LogP contribution in [-0.2, 0) is 0 Å². The summed E-state index contributed by atoms with van der Waals surface area (Å²) in [6.45, 7) is 4.22. The molecule has 0 aliphatic carbocycles. The van der Waals surface area contributed by atoms with Gasteiger partial charge in [0.05, 0.1) is 23.0 Å². The minimum Gasteiger partial charge on any atom is -0.492 e. The van der Waals surface area contributed by atoms with Gasteiger partial charge >= 0.3 is 0 Å². The van der Waals surface area contributed by atoms with Gasteiger partial charge in [0.15, 0.2) is 0 Å². The molecule has 3 rings (SSSR count). The SMILES string of the molecule is CCOc1ccccc1NC(=O)c1c(C)nc2ccc(Cl)cn12. The van der Waals surface area contributed by atoms with E-state index in [0.717, 1.165) is 0 Å². The first-order valence-electron chi connectivity index (χ1n) is 7.27. The molecule has 0 saturated heterocycles. The second kappa shape index (κ2) is 6.30. The molecule has 0 aliphatic rings. The molecule has 0 saturated carbocycles. The number of hydrogen-bond donors (Lipinski definition) is 1. The lowest BCUT2D eigenvalue weighted by Crippen LogP contribution is -2.16. The number of rotatable bonds is 4. The summed E-state index contributed by atoms with van der Waals surface area (Å²) in [7, 11) is 0. The summed E-state index contributed by atoms with van der Waals surface area (Å²) in [6.07, 6.45) is 1.68. The fraction of sp³-hybridized carbons (Fsp3) is 0.176. The molecule has 0 aliphatic heterocycles. The molecule has 1 amide bonds. The maximum Gasteiger partial charge on any atom is 0.274 e. The Labute approximate surface area is 138 Å². The van der Waals surface area contributed by atoms with Crippen molar-refractivity contribution in [2.45, 2.75) is 13.8 Å². The number of pyridine rings is 1. The molecule has 0 bridgehead atoms. The number of anilines is 1. The zero-order valence-electron chi connectivity index (χ0n) is 12.8. The number of amides is 1. The summed E-state index contributed by atoms with van der Waals surface area (Å²) in [5.74, 6) is 0.372. The van der Waals surface area contributed by atoms with Crippen LogP contribution in [0.25, 0.3) is 5.65 Å². The number of aryl methyl sites for hydroxylation is 1. The fourth-order valence-corrected chi connectivity index (χ4v) is 2.60. The van der Waals surface area contributed by atoms with Crippen LogP contribution in [0.2, 0.25) is 5.02 Å². The van der Waals surface area contributed by atoms with E-state index in [1.54, 1.807) is 35.7 Å². The topological polar surface area (TPSA) is 55.6 Å². The maximum absolute atomic E-state index is 12.7. The van der Waals surface area contributed by atoms with E-state index in [0.29, 0.717) is 40.1 Å². The number of benzene rings is 1. The first-order valence-corrected chi connectivity index (χ1v) is 7.65. The van der Waals surface area contributed by atoms with Gasteiger partial charge in [0.2, 0.25) is 0 Å². The number of imidazole rings is 1. The largest absolute Gasteiger partial charge is 0.492 e. The molecule has 1 N–H and O–H groups in total. The van der Waals surface area contributed by atoms with Gasteiger partial charge in [-0.2, -0.15) is 0 Å². The number of nitrogens with zero attached hydrogens (tertiary/aromatic N) is 2. The third-order valence-electron chi connectivity index (χ3n) is 3.41. The van der Waals surface area contributed by atoms with Crippen molar-refractivity contribution in [2.24, 2.45) is 0 Å². The molecular weight excluding hydrogens is 314 g/mol. The van der Waals surface area contributed by atoms with E-state index in [9.17, 15) is 4.79 Å². The second-order valence-electron chi connectivity index (χ2n) is 5.00. The van der Waals surface area contributed by atoms with Gasteiger partial charge in [-0.15, -0.1) is 0 Å². The van der Waals surface area contributed by atoms with Gasteiger partial charge in [-0.05, 0) is 38.1 Å². The standard InChI is InChI=1S/C17H16ClN3O2/c1-3-23-14-7-5-4-6-13(14)20-17(22)16-11(2)19-15-9-8-12(18)10-21(15)16/h4-10H,3H2,1-2H3,(H,20,22). The highest BCUT2D eigenvalue weighted by Gasteiger charge is 2.18. The van der Waals surface area contributed by atoms with Crippen molar-refractivity contribution in [1.29, 1.82) is 0 Å². The molecule has 0 fully saturated rings. The molecule has 2 heterocycles. The number of ether oxygens (including phenoxy) is 1. The molecule has 0 radical (unpaired) electrons. The van der Waals surface area contributed by atoms with Gasteiger partial charge < -0.3 is 10.1 Å². The zero-order chi connectivity index (χ0) is 16.4. The molecule has 0 atom stereocenters. The van der Waals surface area contributed by atoms with Crippen LogP contribution >= 0.6 is 11.6 Å². The lowest BCUT2D eigenvalue weighted by Gasteiger charge is -2.11. The molecular formula is C17H16ClN3O2. The average Bonchev–Trinajstić information content (AvgIpc) is 2.84. The fourth-order valence-electron chi connectivity index (χ4n) is 2.44. The van der Waals surface area contributed by atoms with Gasteiger partial charge in [0.1, 0.15) is 17.1 Å². The Kier molecular flexibility index (Phi) is 4.21. The highest BCUT2D eigenvalue weighted by Crippen LogP contribution is 2.25. The van der Waals surface area contributed by atoms with Gasteiger partial charge in [-0.1, -0.05) is 23.7 Å². The lowest BCUT2D eigenvalue weighted by atomic mass is 10.2. The van der Waals surface area contributed by atoms with E-state index in [-0.39, 0.29) is 5.91 Å². The average molecular weight is 330 g/mol. The molecule has 3 aromatic rings.